The fourth-order valence-corrected chi connectivity index (χ4v) is 1.88. The second-order valence-corrected chi connectivity index (χ2v) is 5.28. The van der Waals surface area contributed by atoms with Gasteiger partial charge < -0.3 is 16.0 Å². The summed E-state index contributed by atoms with van der Waals surface area (Å²) in [4.78, 5) is 13.7. The molecular formula is C14H20FN3O. The van der Waals surface area contributed by atoms with E-state index in [1.807, 2.05) is 7.05 Å². The average molecular weight is 265 g/mol. The van der Waals surface area contributed by atoms with Gasteiger partial charge in [-0.25, -0.2) is 4.39 Å². The number of nitrogens with zero attached hydrogens (tertiary/aromatic N) is 1. The van der Waals surface area contributed by atoms with E-state index in [9.17, 15) is 9.18 Å². The summed E-state index contributed by atoms with van der Waals surface area (Å²) in [5.41, 5.74) is 6.23. The van der Waals surface area contributed by atoms with Crippen LogP contribution in [0.4, 0.5) is 4.39 Å². The molecule has 0 atom stereocenters. The molecule has 0 saturated heterocycles. The highest BCUT2D eigenvalue weighted by Crippen LogP contribution is 2.31. The van der Waals surface area contributed by atoms with E-state index in [0.717, 1.165) is 31.5 Å². The summed E-state index contributed by atoms with van der Waals surface area (Å²) >= 11 is 0. The highest BCUT2D eigenvalue weighted by atomic mass is 19.1. The van der Waals surface area contributed by atoms with Crippen LogP contribution < -0.4 is 11.1 Å². The van der Waals surface area contributed by atoms with E-state index in [1.165, 1.54) is 12.1 Å². The SMILES string of the molecule is CN(CCNC(=O)C1(N)CC1)Cc1ccc(F)cc1. The van der Waals surface area contributed by atoms with Crippen LogP contribution in [0.5, 0.6) is 0 Å². The molecule has 5 heteroatoms. The maximum atomic E-state index is 12.8. The summed E-state index contributed by atoms with van der Waals surface area (Å²) in [6.07, 6.45) is 1.56. The van der Waals surface area contributed by atoms with Crippen molar-refractivity contribution in [2.45, 2.75) is 24.9 Å². The first-order chi connectivity index (χ1) is 8.99. The Labute approximate surface area is 112 Å². The topological polar surface area (TPSA) is 58.4 Å². The van der Waals surface area contributed by atoms with E-state index < -0.39 is 5.54 Å². The monoisotopic (exact) mass is 265 g/mol. The normalized spacial score (nSPS) is 16.4. The lowest BCUT2D eigenvalue weighted by molar-refractivity contribution is -0.123. The van der Waals surface area contributed by atoms with Gasteiger partial charge in [-0.1, -0.05) is 12.1 Å². The number of nitrogens with one attached hydrogen (secondary N) is 1. The Bertz CT molecular complexity index is 443. The van der Waals surface area contributed by atoms with Crippen molar-refractivity contribution < 1.29 is 9.18 Å². The molecule has 2 rings (SSSR count). The van der Waals surface area contributed by atoms with Crippen molar-refractivity contribution in [3.63, 3.8) is 0 Å². The van der Waals surface area contributed by atoms with Crippen LogP contribution in [0.25, 0.3) is 0 Å². The van der Waals surface area contributed by atoms with Crippen molar-refractivity contribution in [2.24, 2.45) is 5.73 Å². The highest BCUT2D eigenvalue weighted by Gasteiger charge is 2.45. The molecule has 1 aliphatic rings. The van der Waals surface area contributed by atoms with Crippen LogP contribution in [0.3, 0.4) is 0 Å². The van der Waals surface area contributed by atoms with Crippen LogP contribution in [-0.4, -0.2) is 36.5 Å². The van der Waals surface area contributed by atoms with Gasteiger partial charge in [0.2, 0.25) is 5.91 Å². The summed E-state index contributed by atoms with van der Waals surface area (Å²) in [5, 5.41) is 2.85. The first kappa shape index (κ1) is 14.0. The van der Waals surface area contributed by atoms with Crippen molar-refractivity contribution in [3.8, 4) is 0 Å². The Kier molecular flexibility index (Phi) is 4.17. The lowest BCUT2D eigenvalue weighted by atomic mass is 10.2. The number of nitrogens with two attached hydrogens (primary N) is 1. The van der Waals surface area contributed by atoms with Crippen LogP contribution in [0.1, 0.15) is 18.4 Å². The number of hydrogen-bond acceptors (Lipinski definition) is 3. The van der Waals surface area contributed by atoms with Gasteiger partial charge in [0.15, 0.2) is 0 Å². The molecule has 0 heterocycles. The molecule has 1 aromatic carbocycles. The van der Waals surface area contributed by atoms with Crippen LogP contribution in [0.15, 0.2) is 24.3 Å². The van der Waals surface area contributed by atoms with E-state index >= 15 is 0 Å². The smallest absolute Gasteiger partial charge is 0.240 e. The van der Waals surface area contributed by atoms with E-state index in [0.29, 0.717) is 6.54 Å². The van der Waals surface area contributed by atoms with Crippen LogP contribution in [-0.2, 0) is 11.3 Å². The van der Waals surface area contributed by atoms with Crippen LogP contribution in [0, 0.1) is 5.82 Å². The molecule has 0 aliphatic heterocycles. The van der Waals surface area contributed by atoms with Gasteiger partial charge in [-0.3, -0.25) is 4.79 Å². The molecule has 0 aromatic heterocycles. The van der Waals surface area contributed by atoms with Gasteiger partial charge in [-0.05, 0) is 37.6 Å². The van der Waals surface area contributed by atoms with Gasteiger partial charge in [0.05, 0.1) is 5.54 Å². The Balaban J connectivity index is 1.68. The Morgan fingerprint density at radius 3 is 2.63 bits per heavy atom. The number of hydrogen-bond donors (Lipinski definition) is 2. The minimum atomic E-state index is -0.602. The first-order valence-electron chi connectivity index (χ1n) is 6.50. The van der Waals surface area contributed by atoms with Crippen molar-refractivity contribution in [1.29, 1.82) is 0 Å². The fraction of sp³-hybridized carbons (Fsp3) is 0.500. The molecular weight excluding hydrogens is 245 g/mol. The van der Waals surface area contributed by atoms with Crippen molar-refractivity contribution >= 4 is 5.91 Å². The number of amides is 1. The molecule has 1 aromatic rings. The summed E-state index contributed by atoms with van der Waals surface area (Å²) < 4.78 is 12.8. The predicted molar refractivity (Wildman–Crippen MR) is 71.9 cm³/mol. The standard InChI is InChI=1S/C14H20FN3O/c1-18(10-11-2-4-12(15)5-3-11)9-8-17-13(19)14(16)6-7-14/h2-5H,6-10,16H2,1H3,(H,17,19). The number of halogens is 1. The van der Waals surface area contributed by atoms with Gasteiger partial charge in [0.1, 0.15) is 5.82 Å². The summed E-state index contributed by atoms with van der Waals surface area (Å²) in [5.74, 6) is -0.279. The zero-order valence-electron chi connectivity index (χ0n) is 11.2. The number of rotatable bonds is 6. The highest BCUT2D eigenvalue weighted by molar-refractivity contribution is 5.88. The summed E-state index contributed by atoms with van der Waals surface area (Å²) in [6, 6.07) is 6.44. The largest absolute Gasteiger partial charge is 0.353 e. The molecule has 0 spiro atoms. The molecule has 19 heavy (non-hydrogen) atoms. The molecule has 1 saturated carbocycles. The molecule has 1 amide bonds. The zero-order chi connectivity index (χ0) is 13.9. The summed E-state index contributed by atoms with van der Waals surface area (Å²) in [7, 11) is 1.96. The second kappa shape index (κ2) is 5.67. The quantitative estimate of drug-likeness (QED) is 0.802. The molecule has 1 fully saturated rings. The second-order valence-electron chi connectivity index (χ2n) is 5.28. The number of carbonyl (C=O) groups excluding carboxylic acids is 1. The molecule has 104 valence electrons. The van der Waals surface area contributed by atoms with Crippen molar-refractivity contribution in [2.75, 3.05) is 20.1 Å². The van der Waals surface area contributed by atoms with E-state index in [2.05, 4.69) is 10.2 Å². The minimum Gasteiger partial charge on any atom is -0.353 e. The summed E-state index contributed by atoms with van der Waals surface area (Å²) in [6.45, 7) is 2.04. The van der Waals surface area contributed by atoms with Crippen LogP contribution in [0.2, 0.25) is 0 Å². The van der Waals surface area contributed by atoms with Gasteiger partial charge in [-0.2, -0.15) is 0 Å². The maximum Gasteiger partial charge on any atom is 0.240 e. The number of likely N-dealkylation sites (N-methyl/N-ethyl adjacent to an activating group) is 1. The lowest BCUT2D eigenvalue weighted by Gasteiger charge is -2.18. The fourth-order valence-electron chi connectivity index (χ4n) is 1.88. The minimum absolute atomic E-state index is 0.0531. The van der Waals surface area contributed by atoms with Gasteiger partial charge in [-0.15, -0.1) is 0 Å². The molecule has 0 unspecified atom stereocenters. The Morgan fingerprint density at radius 2 is 2.05 bits per heavy atom. The molecule has 1 aliphatic carbocycles. The predicted octanol–water partition coefficient (Wildman–Crippen LogP) is 0.865. The van der Waals surface area contributed by atoms with Gasteiger partial charge in [0, 0.05) is 19.6 Å². The zero-order valence-corrected chi connectivity index (χ0v) is 11.2. The Hall–Kier alpha value is -1.46. The first-order valence-corrected chi connectivity index (χ1v) is 6.50. The van der Waals surface area contributed by atoms with Crippen molar-refractivity contribution in [1.82, 2.24) is 10.2 Å². The third-order valence-corrected chi connectivity index (χ3v) is 3.39. The van der Waals surface area contributed by atoms with E-state index in [1.54, 1.807) is 12.1 Å². The Morgan fingerprint density at radius 1 is 1.42 bits per heavy atom. The molecule has 0 radical (unpaired) electrons. The molecule has 0 bridgehead atoms. The number of benzene rings is 1. The average Bonchev–Trinajstić information content (AvgIpc) is 3.11. The molecule has 3 N–H and O–H groups in total. The van der Waals surface area contributed by atoms with Gasteiger partial charge >= 0.3 is 0 Å². The van der Waals surface area contributed by atoms with E-state index in [4.69, 9.17) is 5.73 Å². The third-order valence-electron chi connectivity index (χ3n) is 3.39. The number of carbonyl (C=O) groups is 1. The lowest BCUT2D eigenvalue weighted by Crippen LogP contribution is -2.44. The van der Waals surface area contributed by atoms with E-state index in [-0.39, 0.29) is 11.7 Å². The maximum absolute atomic E-state index is 12.8. The van der Waals surface area contributed by atoms with Gasteiger partial charge in [0.25, 0.3) is 0 Å². The third kappa shape index (κ3) is 4.01. The van der Waals surface area contributed by atoms with Crippen LogP contribution >= 0.6 is 0 Å². The van der Waals surface area contributed by atoms with Crippen molar-refractivity contribution in [3.05, 3.63) is 35.6 Å². The molecule has 4 nitrogen and oxygen atoms in total.